The van der Waals surface area contributed by atoms with E-state index >= 15 is 0 Å². The van der Waals surface area contributed by atoms with Gasteiger partial charge in [0, 0.05) is 24.5 Å². The van der Waals surface area contributed by atoms with Crippen molar-refractivity contribution in [1.82, 2.24) is 9.88 Å². The number of aromatic nitrogens is 1. The maximum Gasteiger partial charge on any atom is 0.0302 e. The average molecular weight is 202 g/mol. The largest absolute Gasteiger partial charge is 0.300 e. The monoisotopic (exact) mass is 202 g/mol. The summed E-state index contributed by atoms with van der Waals surface area (Å²) in [5.41, 5.74) is 1.45. The topological polar surface area (TPSA) is 16.1 Å². The summed E-state index contributed by atoms with van der Waals surface area (Å²) < 4.78 is 0. The number of nitrogens with zero attached hydrogens (tertiary/aromatic N) is 2. The van der Waals surface area contributed by atoms with E-state index < -0.39 is 0 Å². The standard InChI is InChI=1S/C13H18N2/c1-15-12-4-5-13(15)8-11(7-12)10-3-2-6-14-9-10/h2-3,6,9,11-13H,4-5,7-8H2,1H3. The molecule has 2 aliphatic rings. The molecule has 0 amide bonds. The molecule has 0 radical (unpaired) electrons. The maximum absolute atomic E-state index is 4.24. The quantitative estimate of drug-likeness (QED) is 0.695. The van der Waals surface area contributed by atoms with E-state index in [-0.39, 0.29) is 0 Å². The molecule has 3 rings (SSSR count). The maximum atomic E-state index is 4.24. The van der Waals surface area contributed by atoms with Crippen molar-refractivity contribution in [1.29, 1.82) is 0 Å². The van der Waals surface area contributed by atoms with E-state index in [1.54, 1.807) is 0 Å². The van der Waals surface area contributed by atoms with Crippen LogP contribution in [0.4, 0.5) is 0 Å². The van der Waals surface area contributed by atoms with Crippen molar-refractivity contribution < 1.29 is 0 Å². The lowest BCUT2D eigenvalue weighted by molar-refractivity contribution is 0.161. The molecule has 0 aromatic carbocycles. The number of rotatable bonds is 1. The Bertz CT molecular complexity index is 322. The SMILES string of the molecule is CN1C2CCC1CC(c1cccnc1)C2. The summed E-state index contributed by atoms with van der Waals surface area (Å²) in [7, 11) is 2.29. The Kier molecular flexibility index (Phi) is 2.24. The molecule has 2 fully saturated rings. The van der Waals surface area contributed by atoms with Crippen LogP contribution in [0.25, 0.3) is 0 Å². The number of piperidine rings is 1. The van der Waals surface area contributed by atoms with Crippen LogP contribution >= 0.6 is 0 Å². The molecule has 2 bridgehead atoms. The fourth-order valence-corrected chi connectivity index (χ4v) is 3.30. The van der Waals surface area contributed by atoms with Gasteiger partial charge in [-0.2, -0.15) is 0 Å². The van der Waals surface area contributed by atoms with Crippen molar-refractivity contribution in [2.45, 2.75) is 43.7 Å². The van der Waals surface area contributed by atoms with Crippen molar-refractivity contribution in [3.63, 3.8) is 0 Å². The first kappa shape index (κ1) is 9.34. The predicted molar refractivity (Wildman–Crippen MR) is 60.8 cm³/mol. The third-order valence-corrected chi connectivity index (χ3v) is 4.25. The predicted octanol–water partition coefficient (Wildman–Crippen LogP) is 2.42. The Hall–Kier alpha value is -0.890. The summed E-state index contributed by atoms with van der Waals surface area (Å²) in [6, 6.07) is 5.96. The number of hydrogen-bond acceptors (Lipinski definition) is 2. The molecule has 0 aliphatic carbocycles. The molecule has 2 aliphatic heterocycles. The van der Waals surface area contributed by atoms with Crippen LogP contribution in [-0.2, 0) is 0 Å². The Labute approximate surface area is 91.3 Å². The van der Waals surface area contributed by atoms with E-state index in [1.165, 1.54) is 31.2 Å². The molecule has 0 spiro atoms. The molecular weight excluding hydrogens is 184 g/mol. The zero-order valence-electron chi connectivity index (χ0n) is 9.26. The third kappa shape index (κ3) is 1.57. The molecule has 2 saturated heterocycles. The minimum atomic E-state index is 0.757. The first-order valence-corrected chi connectivity index (χ1v) is 5.96. The van der Waals surface area contributed by atoms with E-state index in [2.05, 4.69) is 35.3 Å². The molecule has 2 heteroatoms. The summed E-state index contributed by atoms with van der Waals surface area (Å²) in [5.74, 6) is 0.757. The minimum absolute atomic E-state index is 0.757. The smallest absolute Gasteiger partial charge is 0.0302 e. The molecule has 3 heterocycles. The molecule has 2 atom stereocenters. The van der Waals surface area contributed by atoms with Crippen LogP contribution in [0.15, 0.2) is 24.5 Å². The second-order valence-corrected chi connectivity index (χ2v) is 5.01. The van der Waals surface area contributed by atoms with Crippen LogP contribution in [0.2, 0.25) is 0 Å². The lowest BCUT2D eigenvalue weighted by Crippen LogP contribution is -2.39. The van der Waals surface area contributed by atoms with E-state index in [9.17, 15) is 0 Å². The van der Waals surface area contributed by atoms with Gasteiger partial charge in [0.05, 0.1) is 0 Å². The molecule has 80 valence electrons. The molecular formula is C13H18N2. The van der Waals surface area contributed by atoms with Crippen LogP contribution in [0, 0.1) is 0 Å². The van der Waals surface area contributed by atoms with Gasteiger partial charge in [0.1, 0.15) is 0 Å². The Balaban J connectivity index is 1.81. The molecule has 15 heavy (non-hydrogen) atoms. The first-order chi connectivity index (χ1) is 7.34. The zero-order chi connectivity index (χ0) is 10.3. The van der Waals surface area contributed by atoms with E-state index in [4.69, 9.17) is 0 Å². The highest BCUT2D eigenvalue weighted by Crippen LogP contribution is 2.41. The van der Waals surface area contributed by atoms with Crippen LogP contribution in [0.5, 0.6) is 0 Å². The van der Waals surface area contributed by atoms with Crippen LogP contribution in [0.1, 0.15) is 37.2 Å². The van der Waals surface area contributed by atoms with Gasteiger partial charge in [0.2, 0.25) is 0 Å². The molecule has 2 nitrogen and oxygen atoms in total. The normalized spacial score (nSPS) is 35.7. The number of hydrogen-bond donors (Lipinski definition) is 0. The van der Waals surface area contributed by atoms with Gasteiger partial charge < -0.3 is 4.90 Å². The van der Waals surface area contributed by atoms with Gasteiger partial charge in [-0.25, -0.2) is 0 Å². The zero-order valence-corrected chi connectivity index (χ0v) is 9.26. The van der Waals surface area contributed by atoms with Crippen molar-refractivity contribution in [2.24, 2.45) is 0 Å². The highest BCUT2D eigenvalue weighted by molar-refractivity contribution is 5.17. The summed E-state index contributed by atoms with van der Waals surface area (Å²) in [6.45, 7) is 0. The molecule has 1 aromatic heterocycles. The summed E-state index contributed by atoms with van der Waals surface area (Å²) in [5, 5.41) is 0. The van der Waals surface area contributed by atoms with Gasteiger partial charge in [0.15, 0.2) is 0 Å². The Morgan fingerprint density at radius 2 is 2.00 bits per heavy atom. The summed E-state index contributed by atoms with van der Waals surface area (Å²) in [6.07, 6.45) is 9.38. The average Bonchev–Trinajstić information content (AvgIpc) is 2.54. The van der Waals surface area contributed by atoms with Crippen molar-refractivity contribution >= 4 is 0 Å². The number of pyridine rings is 1. The van der Waals surface area contributed by atoms with Crippen LogP contribution < -0.4 is 0 Å². The second-order valence-electron chi connectivity index (χ2n) is 5.01. The van der Waals surface area contributed by atoms with Gasteiger partial charge in [-0.3, -0.25) is 4.98 Å². The minimum Gasteiger partial charge on any atom is -0.300 e. The number of fused-ring (bicyclic) bond motifs is 2. The van der Waals surface area contributed by atoms with Gasteiger partial charge in [0.25, 0.3) is 0 Å². The fourth-order valence-electron chi connectivity index (χ4n) is 3.30. The van der Waals surface area contributed by atoms with E-state index in [0.29, 0.717) is 0 Å². The summed E-state index contributed by atoms with van der Waals surface area (Å²) >= 11 is 0. The highest BCUT2D eigenvalue weighted by atomic mass is 15.2. The van der Waals surface area contributed by atoms with Crippen LogP contribution in [0.3, 0.4) is 0 Å². The fraction of sp³-hybridized carbons (Fsp3) is 0.615. The highest BCUT2D eigenvalue weighted by Gasteiger charge is 2.38. The molecule has 0 saturated carbocycles. The lowest BCUT2D eigenvalue weighted by Gasteiger charge is -2.36. The van der Waals surface area contributed by atoms with Crippen molar-refractivity contribution in [3.05, 3.63) is 30.1 Å². The van der Waals surface area contributed by atoms with Gasteiger partial charge in [-0.15, -0.1) is 0 Å². The molecule has 2 unspecified atom stereocenters. The van der Waals surface area contributed by atoms with Gasteiger partial charge in [-0.1, -0.05) is 6.07 Å². The summed E-state index contributed by atoms with van der Waals surface area (Å²) in [4.78, 5) is 6.83. The van der Waals surface area contributed by atoms with E-state index in [1.807, 2.05) is 6.20 Å². The van der Waals surface area contributed by atoms with E-state index in [0.717, 1.165) is 18.0 Å². The Morgan fingerprint density at radius 1 is 1.27 bits per heavy atom. The molecule has 1 aromatic rings. The van der Waals surface area contributed by atoms with Crippen molar-refractivity contribution in [2.75, 3.05) is 7.05 Å². The third-order valence-electron chi connectivity index (χ3n) is 4.25. The van der Waals surface area contributed by atoms with Crippen molar-refractivity contribution in [3.8, 4) is 0 Å². The second kappa shape index (κ2) is 3.60. The lowest BCUT2D eigenvalue weighted by atomic mass is 9.86. The van der Waals surface area contributed by atoms with Crippen LogP contribution in [-0.4, -0.2) is 29.0 Å². The molecule has 0 N–H and O–H groups in total. The Morgan fingerprint density at radius 3 is 2.60 bits per heavy atom. The van der Waals surface area contributed by atoms with Gasteiger partial charge >= 0.3 is 0 Å². The first-order valence-electron chi connectivity index (χ1n) is 5.96. The van der Waals surface area contributed by atoms with Gasteiger partial charge in [-0.05, 0) is 50.3 Å².